The van der Waals surface area contributed by atoms with Crippen LogP contribution >= 0.6 is 0 Å². The Morgan fingerprint density at radius 1 is 1.64 bits per heavy atom. The molecule has 1 aliphatic rings. The topological polar surface area (TPSA) is 33.2 Å². The predicted octanol–water partition coefficient (Wildman–Crippen LogP) is 1.20. The molecule has 0 amide bonds. The molecule has 14 heavy (non-hydrogen) atoms. The van der Waals surface area contributed by atoms with Gasteiger partial charge in [0.1, 0.15) is 11.8 Å². The SMILES string of the molecule is CN1CCCC1(C=O)c1cccnc1. The molecule has 1 aromatic rings. The highest BCUT2D eigenvalue weighted by Gasteiger charge is 2.40. The first-order chi connectivity index (χ1) is 6.79. The summed E-state index contributed by atoms with van der Waals surface area (Å²) in [4.78, 5) is 17.4. The van der Waals surface area contributed by atoms with Crippen molar-refractivity contribution in [2.24, 2.45) is 0 Å². The van der Waals surface area contributed by atoms with Gasteiger partial charge in [-0.05, 0) is 38.1 Å². The molecular formula is C11H14N2O. The van der Waals surface area contributed by atoms with E-state index < -0.39 is 5.54 Å². The van der Waals surface area contributed by atoms with Crippen LogP contribution in [0.4, 0.5) is 0 Å². The molecule has 0 radical (unpaired) electrons. The van der Waals surface area contributed by atoms with E-state index >= 15 is 0 Å². The van der Waals surface area contributed by atoms with Crippen LogP contribution in [0.15, 0.2) is 24.5 Å². The fourth-order valence-electron chi connectivity index (χ4n) is 2.18. The molecule has 3 heteroatoms. The quantitative estimate of drug-likeness (QED) is 0.657. The van der Waals surface area contributed by atoms with E-state index in [0.29, 0.717) is 0 Å². The molecule has 0 saturated carbocycles. The van der Waals surface area contributed by atoms with E-state index in [2.05, 4.69) is 9.88 Å². The first-order valence-electron chi connectivity index (χ1n) is 4.88. The Bertz CT molecular complexity index is 325. The lowest BCUT2D eigenvalue weighted by Crippen LogP contribution is -2.40. The third-order valence-corrected chi connectivity index (χ3v) is 3.09. The lowest BCUT2D eigenvalue weighted by molar-refractivity contribution is -0.116. The average molecular weight is 190 g/mol. The summed E-state index contributed by atoms with van der Waals surface area (Å²) in [5, 5.41) is 0. The van der Waals surface area contributed by atoms with E-state index in [1.54, 1.807) is 12.4 Å². The molecule has 1 aliphatic heterocycles. The molecular weight excluding hydrogens is 176 g/mol. The van der Waals surface area contributed by atoms with Crippen LogP contribution in [0, 0.1) is 0 Å². The van der Waals surface area contributed by atoms with E-state index in [9.17, 15) is 4.79 Å². The van der Waals surface area contributed by atoms with Gasteiger partial charge >= 0.3 is 0 Å². The van der Waals surface area contributed by atoms with E-state index in [4.69, 9.17) is 0 Å². The predicted molar refractivity (Wildman–Crippen MR) is 53.8 cm³/mol. The molecule has 1 aromatic heterocycles. The second-order valence-electron chi connectivity index (χ2n) is 3.81. The molecule has 0 aliphatic carbocycles. The minimum Gasteiger partial charge on any atom is -0.301 e. The van der Waals surface area contributed by atoms with Gasteiger partial charge in [-0.1, -0.05) is 6.07 Å². The molecule has 74 valence electrons. The van der Waals surface area contributed by atoms with Crippen molar-refractivity contribution in [2.75, 3.05) is 13.6 Å². The van der Waals surface area contributed by atoms with Gasteiger partial charge in [-0.15, -0.1) is 0 Å². The fraction of sp³-hybridized carbons (Fsp3) is 0.455. The van der Waals surface area contributed by atoms with Gasteiger partial charge in [0.05, 0.1) is 0 Å². The van der Waals surface area contributed by atoms with Gasteiger partial charge < -0.3 is 4.79 Å². The molecule has 0 spiro atoms. The van der Waals surface area contributed by atoms with Crippen LogP contribution in [0.5, 0.6) is 0 Å². The van der Waals surface area contributed by atoms with Crippen LogP contribution in [-0.2, 0) is 10.3 Å². The Labute approximate surface area is 83.8 Å². The molecule has 1 unspecified atom stereocenters. The lowest BCUT2D eigenvalue weighted by atomic mass is 9.90. The van der Waals surface area contributed by atoms with Crippen LogP contribution in [0.25, 0.3) is 0 Å². The molecule has 2 heterocycles. The lowest BCUT2D eigenvalue weighted by Gasteiger charge is -2.30. The van der Waals surface area contributed by atoms with E-state index in [1.165, 1.54) is 0 Å². The Hall–Kier alpha value is -1.22. The minimum atomic E-state index is -0.422. The zero-order valence-electron chi connectivity index (χ0n) is 8.31. The molecule has 1 fully saturated rings. The Morgan fingerprint density at radius 3 is 3.00 bits per heavy atom. The van der Waals surface area contributed by atoms with Crippen LogP contribution in [0.1, 0.15) is 18.4 Å². The van der Waals surface area contributed by atoms with Crippen LogP contribution in [-0.4, -0.2) is 29.8 Å². The number of carbonyl (C=O) groups excluding carboxylic acids is 1. The minimum absolute atomic E-state index is 0.422. The summed E-state index contributed by atoms with van der Waals surface area (Å²) >= 11 is 0. The first kappa shape index (κ1) is 9.34. The number of aldehydes is 1. The van der Waals surface area contributed by atoms with Gasteiger partial charge in [0.25, 0.3) is 0 Å². The largest absolute Gasteiger partial charge is 0.301 e. The van der Waals surface area contributed by atoms with Gasteiger partial charge in [0, 0.05) is 12.4 Å². The van der Waals surface area contributed by atoms with Gasteiger partial charge in [-0.3, -0.25) is 9.88 Å². The van der Waals surface area contributed by atoms with Crippen molar-refractivity contribution in [3.05, 3.63) is 30.1 Å². The summed E-state index contributed by atoms with van der Waals surface area (Å²) in [6.07, 6.45) is 6.55. The van der Waals surface area contributed by atoms with E-state index in [0.717, 1.165) is 31.2 Å². The second kappa shape index (κ2) is 3.50. The van der Waals surface area contributed by atoms with Crippen molar-refractivity contribution >= 4 is 6.29 Å². The summed E-state index contributed by atoms with van der Waals surface area (Å²) < 4.78 is 0. The summed E-state index contributed by atoms with van der Waals surface area (Å²) in [6.45, 7) is 0.980. The molecule has 0 N–H and O–H groups in total. The van der Waals surface area contributed by atoms with Crippen LogP contribution in [0.2, 0.25) is 0 Å². The molecule has 0 bridgehead atoms. The highest BCUT2D eigenvalue weighted by Crippen LogP contribution is 2.35. The number of likely N-dealkylation sites (tertiary alicyclic amines) is 1. The zero-order chi connectivity index (χ0) is 10.0. The number of likely N-dealkylation sites (N-methyl/N-ethyl adjacent to an activating group) is 1. The number of hydrogen-bond donors (Lipinski definition) is 0. The second-order valence-corrected chi connectivity index (χ2v) is 3.81. The summed E-state index contributed by atoms with van der Waals surface area (Å²) in [5.74, 6) is 0. The van der Waals surface area contributed by atoms with Crippen molar-refractivity contribution in [1.29, 1.82) is 0 Å². The molecule has 3 nitrogen and oxygen atoms in total. The third-order valence-electron chi connectivity index (χ3n) is 3.09. The van der Waals surface area contributed by atoms with Crippen molar-refractivity contribution in [1.82, 2.24) is 9.88 Å². The Morgan fingerprint density at radius 2 is 2.50 bits per heavy atom. The normalized spacial score (nSPS) is 27.8. The highest BCUT2D eigenvalue weighted by atomic mass is 16.1. The van der Waals surface area contributed by atoms with Crippen molar-refractivity contribution in [3.63, 3.8) is 0 Å². The maximum absolute atomic E-state index is 11.3. The number of pyridine rings is 1. The summed E-state index contributed by atoms with van der Waals surface area (Å²) in [7, 11) is 1.99. The van der Waals surface area contributed by atoms with E-state index in [-0.39, 0.29) is 0 Å². The zero-order valence-corrected chi connectivity index (χ0v) is 8.31. The van der Waals surface area contributed by atoms with Crippen molar-refractivity contribution < 1.29 is 4.79 Å². The number of rotatable bonds is 2. The average Bonchev–Trinajstić information content (AvgIpc) is 2.62. The summed E-state index contributed by atoms with van der Waals surface area (Å²) in [5.41, 5.74) is 0.587. The van der Waals surface area contributed by atoms with E-state index in [1.807, 2.05) is 19.2 Å². The van der Waals surface area contributed by atoms with Gasteiger partial charge in [-0.25, -0.2) is 0 Å². The number of hydrogen-bond acceptors (Lipinski definition) is 3. The number of aromatic nitrogens is 1. The fourth-order valence-corrected chi connectivity index (χ4v) is 2.18. The third kappa shape index (κ3) is 1.24. The van der Waals surface area contributed by atoms with Crippen LogP contribution < -0.4 is 0 Å². The molecule has 1 atom stereocenters. The standard InChI is InChI=1S/C11H14N2O/c1-13-7-3-5-11(13,9-14)10-4-2-6-12-8-10/h2,4,6,8-9H,3,5,7H2,1H3. The Kier molecular flexibility index (Phi) is 2.33. The van der Waals surface area contributed by atoms with Gasteiger partial charge in [-0.2, -0.15) is 0 Å². The van der Waals surface area contributed by atoms with Crippen LogP contribution in [0.3, 0.4) is 0 Å². The first-order valence-corrected chi connectivity index (χ1v) is 4.88. The number of nitrogens with zero attached hydrogens (tertiary/aromatic N) is 2. The number of carbonyl (C=O) groups is 1. The molecule has 2 rings (SSSR count). The monoisotopic (exact) mass is 190 g/mol. The van der Waals surface area contributed by atoms with Crippen molar-refractivity contribution in [3.8, 4) is 0 Å². The highest BCUT2D eigenvalue weighted by molar-refractivity contribution is 5.68. The Balaban J connectivity index is 2.43. The maximum atomic E-state index is 11.3. The molecule has 1 saturated heterocycles. The maximum Gasteiger partial charge on any atom is 0.144 e. The molecule has 0 aromatic carbocycles. The smallest absolute Gasteiger partial charge is 0.144 e. The summed E-state index contributed by atoms with van der Waals surface area (Å²) in [6, 6.07) is 3.86. The van der Waals surface area contributed by atoms with Gasteiger partial charge in [0.15, 0.2) is 0 Å². The van der Waals surface area contributed by atoms with Gasteiger partial charge in [0.2, 0.25) is 0 Å². The van der Waals surface area contributed by atoms with Crippen molar-refractivity contribution in [2.45, 2.75) is 18.4 Å².